The molecule has 0 saturated carbocycles. The fourth-order valence-electron chi connectivity index (χ4n) is 2.52. The van der Waals surface area contributed by atoms with E-state index in [0.717, 1.165) is 27.8 Å². The number of anilines is 3. The normalized spacial score (nSPS) is 10.8. The van der Waals surface area contributed by atoms with Crippen LogP contribution in [0.3, 0.4) is 0 Å². The number of aromatic hydroxyl groups is 1. The van der Waals surface area contributed by atoms with E-state index in [4.69, 9.17) is 5.73 Å². The Morgan fingerprint density at radius 3 is 2.67 bits per heavy atom. The van der Waals surface area contributed by atoms with E-state index in [0.29, 0.717) is 5.82 Å². The molecule has 7 heteroatoms. The van der Waals surface area contributed by atoms with Crippen molar-refractivity contribution in [1.29, 1.82) is 0 Å². The van der Waals surface area contributed by atoms with Gasteiger partial charge in [0, 0.05) is 22.8 Å². The van der Waals surface area contributed by atoms with E-state index in [2.05, 4.69) is 25.5 Å². The first kappa shape index (κ1) is 14.0. The lowest BCUT2D eigenvalue weighted by Crippen LogP contribution is -1.98. The highest BCUT2D eigenvalue weighted by Gasteiger charge is 2.09. The van der Waals surface area contributed by atoms with Gasteiger partial charge < -0.3 is 16.2 Å². The zero-order valence-electron chi connectivity index (χ0n) is 12.6. The second kappa shape index (κ2) is 5.54. The third kappa shape index (κ3) is 2.58. The van der Waals surface area contributed by atoms with Gasteiger partial charge in [0.25, 0.3) is 0 Å². The average molecular weight is 318 g/mol. The molecule has 118 valence electrons. The molecule has 2 aromatic carbocycles. The van der Waals surface area contributed by atoms with Crippen molar-refractivity contribution >= 4 is 28.4 Å². The van der Waals surface area contributed by atoms with Crippen LogP contribution in [0.25, 0.3) is 22.2 Å². The summed E-state index contributed by atoms with van der Waals surface area (Å²) in [5.74, 6) is 1.06. The molecule has 7 nitrogen and oxygen atoms in total. The van der Waals surface area contributed by atoms with Gasteiger partial charge in [-0.1, -0.05) is 0 Å². The van der Waals surface area contributed by atoms with E-state index < -0.39 is 0 Å². The monoisotopic (exact) mass is 318 g/mol. The van der Waals surface area contributed by atoms with Gasteiger partial charge in [-0.3, -0.25) is 5.10 Å². The Balaban J connectivity index is 1.74. The van der Waals surface area contributed by atoms with Crippen LogP contribution in [-0.2, 0) is 0 Å². The van der Waals surface area contributed by atoms with E-state index in [9.17, 15) is 5.11 Å². The first-order chi connectivity index (χ1) is 11.7. The van der Waals surface area contributed by atoms with Crippen LogP contribution < -0.4 is 11.1 Å². The predicted octanol–water partition coefficient (Wildman–Crippen LogP) is 3.05. The second-order valence-electron chi connectivity index (χ2n) is 5.30. The maximum absolute atomic E-state index is 9.44. The average Bonchev–Trinajstić information content (AvgIpc) is 2.99. The van der Waals surface area contributed by atoms with Crippen LogP contribution in [0.2, 0.25) is 0 Å². The van der Waals surface area contributed by atoms with Crippen LogP contribution in [-0.4, -0.2) is 25.3 Å². The van der Waals surface area contributed by atoms with Gasteiger partial charge in [0.15, 0.2) is 0 Å². The van der Waals surface area contributed by atoms with Crippen molar-refractivity contribution in [2.45, 2.75) is 0 Å². The fourth-order valence-corrected chi connectivity index (χ4v) is 2.52. The van der Waals surface area contributed by atoms with Gasteiger partial charge in [-0.25, -0.2) is 4.98 Å². The molecule has 0 bridgehead atoms. The number of aromatic amines is 1. The molecule has 0 aliphatic rings. The molecule has 2 aromatic heterocycles. The number of nitrogens with zero attached hydrogens (tertiary/aromatic N) is 3. The van der Waals surface area contributed by atoms with Crippen molar-refractivity contribution in [2.24, 2.45) is 0 Å². The topological polar surface area (TPSA) is 113 Å². The predicted molar refractivity (Wildman–Crippen MR) is 92.9 cm³/mol. The largest absolute Gasteiger partial charge is 0.508 e. The Hall–Kier alpha value is -3.61. The van der Waals surface area contributed by atoms with Gasteiger partial charge in [-0.05, 0) is 48.5 Å². The number of nitrogen functional groups attached to an aromatic ring is 1. The molecule has 24 heavy (non-hydrogen) atoms. The third-order valence-corrected chi connectivity index (χ3v) is 3.65. The SMILES string of the molecule is Nc1nccc(Nc2ccc3[nH]nc(-c4ccc(O)cc4)c3c2)n1. The molecule has 0 atom stereocenters. The zero-order valence-corrected chi connectivity index (χ0v) is 12.6. The summed E-state index contributed by atoms with van der Waals surface area (Å²) in [6, 6.07) is 14.5. The highest BCUT2D eigenvalue weighted by Crippen LogP contribution is 2.30. The van der Waals surface area contributed by atoms with Gasteiger partial charge in [-0.15, -0.1) is 0 Å². The number of rotatable bonds is 3. The smallest absolute Gasteiger partial charge is 0.221 e. The van der Waals surface area contributed by atoms with E-state index >= 15 is 0 Å². The zero-order chi connectivity index (χ0) is 16.5. The van der Waals surface area contributed by atoms with E-state index in [-0.39, 0.29) is 11.7 Å². The summed E-state index contributed by atoms with van der Waals surface area (Å²) < 4.78 is 0. The number of H-pyrrole nitrogens is 1. The number of hydrogen-bond donors (Lipinski definition) is 4. The van der Waals surface area contributed by atoms with Crippen molar-refractivity contribution in [1.82, 2.24) is 20.2 Å². The summed E-state index contributed by atoms with van der Waals surface area (Å²) in [6.45, 7) is 0. The Bertz CT molecular complexity index is 1010. The maximum Gasteiger partial charge on any atom is 0.221 e. The number of nitrogens with one attached hydrogen (secondary N) is 2. The summed E-state index contributed by atoms with van der Waals surface area (Å²) >= 11 is 0. The molecule has 0 spiro atoms. The first-order valence-corrected chi connectivity index (χ1v) is 7.32. The minimum atomic E-state index is 0.217. The van der Waals surface area contributed by atoms with Gasteiger partial charge in [0.2, 0.25) is 5.95 Å². The van der Waals surface area contributed by atoms with Crippen molar-refractivity contribution in [3.63, 3.8) is 0 Å². The lowest BCUT2D eigenvalue weighted by molar-refractivity contribution is 0.475. The first-order valence-electron chi connectivity index (χ1n) is 7.32. The van der Waals surface area contributed by atoms with Gasteiger partial charge >= 0.3 is 0 Å². The lowest BCUT2D eigenvalue weighted by Gasteiger charge is -2.06. The number of phenolic OH excluding ortho intramolecular Hbond substituents is 1. The number of hydrogen-bond acceptors (Lipinski definition) is 6. The van der Waals surface area contributed by atoms with Crippen LogP contribution in [0.4, 0.5) is 17.5 Å². The Kier molecular flexibility index (Phi) is 3.24. The Morgan fingerprint density at radius 2 is 1.88 bits per heavy atom. The van der Waals surface area contributed by atoms with Crippen molar-refractivity contribution in [3.8, 4) is 17.0 Å². The molecule has 4 aromatic rings. The van der Waals surface area contributed by atoms with Gasteiger partial charge in [0.1, 0.15) is 11.6 Å². The molecular formula is C17H14N6O. The molecule has 0 aliphatic carbocycles. The molecular weight excluding hydrogens is 304 g/mol. The summed E-state index contributed by atoms with van der Waals surface area (Å²) in [5.41, 5.74) is 9.12. The molecule has 0 unspecified atom stereocenters. The molecule has 2 heterocycles. The number of benzene rings is 2. The summed E-state index contributed by atoms with van der Waals surface area (Å²) in [7, 11) is 0. The molecule has 4 rings (SSSR count). The third-order valence-electron chi connectivity index (χ3n) is 3.65. The van der Waals surface area contributed by atoms with Crippen molar-refractivity contribution in [2.75, 3.05) is 11.1 Å². The number of nitrogens with two attached hydrogens (primary N) is 1. The van der Waals surface area contributed by atoms with Crippen molar-refractivity contribution < 1.29 is 5.11 Å². The lowest BCUT2D eigenvalue weighted by atomic mass is 10.1. The Morgan fingerprint density at radius 1 is 1.04 bits per heavy atom. The standard InChI is InChI=1S/C17H14N6O/c18-17-19-8-7-15(21-17)20-11-3-6-14-13(9-11)16(23-22-14)10-1-4-12(24)5-2-10/h1-9,24H,(H,22,23)(H3,18,19,20,21). The molecule has 0 radical (unpaired) electrons. The molecule has 0 aliphatic heterocycles. The van der Waals surface area contributed by atoms with Crippen LogP contribution in [0.15, 0.2) is 54.7 Å². The maximum atomic E-state index is 9.44. The minimum absolute atomic E-state index is 0.217. The highest BCUT2D eigenvalue weighted by atomic mass is 16.3. The van der Waals surface area contributed by atoms with Crippen molar-refractivity contribution in [3.05, 3.63) is 54.7 Å². The van der Waals surface area contributed by atoms with Gasteiger partial charge in [0.05, 0.1) is 11.2 Å². The van der Waals surface area contributed by atoms with Crippen LogP contribution in [0.1, 0.15) is 0 Å². The highest BCUT2D eigenvalue weighted by molar-refractivity contribution is 5.95. The fraction of sp³-hybridized carbons (Fsp3) is 0. The Labute approximate surface area is 137 Å². The number of phenols is 1. The second-order valence-corrected chi connectivity index (χ2v) is 5.30. The molecule has 0 saturated heterocycles. The van der Waals surface area contributed by atoms with E-state index in [1.807, 2.05) is 30.3 Å². The number of fused-ring (bicyclic) bond motifs is 1. The van der Waals surface area contributed by atoms with Crippen LogP contribution in [0, 0.1) is 0 Å². The quantitative estimate of drug-likeness (QED) is 0.462. The van der Waals surface area contributed by atoms with E-state index in [1.54, 1.807) is 24.4 Å². The van der Waals surface area contributed by atoms with E-state index in [1.165, 1.54) is 0 Å². The summed E-state index contributed by atoms with van der Waals surface area (Å²) in [4.78, 5) is 8.01. The molecule has 5 N–H and O–H groups in total. The minimum Gasteiger partial charge on any atom is -0.508 e. The summed E-state index contributed by atoms with van der Waals surface area (Å²) in [5, 5.41) is 21.0. The van der Waals surface area contributed by atoms with Crippen LogP contribution >= 0.6 is 0 Å². The van der Waals surface area contributed by atoms with Gasteiger partial charge in [-0.2, -0.15) is 10.1 Å². The number of aromatic nitrogens is 4. The van der Waals surface area contributed by atoms with Crippen LogP contribution in [0.5, 0.6) is 5.75 Å². The molecule has 0 fully saturated rings. The summed E-state index contributed by atoms with van der Waals surface area (Å²) in [6.07, 6.45) is 1.60. The molecule has 0 amide bonds.